The monoisotopic (exact) mass is 254 g/mol. The molecule has 0 bridgehead atoms. The molecule has 0 saturated heterocycles. The number of halogens is 1. The molecule has 0 amide bonds. The lowest BCUT2D eigenvalue weighted by molar-refractivity contribution is 0.132. The summed E-state index contributed by atoms with van der Waals surface area (Å²) in [5.41, 5.74) is 0.295. The molecule has 0 aliphatic heterocycles. The summed E-state index contributed by atoms with van der Waals surface area (Å²) in [5.74, 6) is 0. The first-order chi connectivity index (χ1) is 8.10. The molecule has 0 saturated carbocycles. The van der Waals surface area contributed by atoms with E-state index in [4.69, 9.17) is 16.9 Å². The number of nitrogens with zero attached hydrogens (tertiary/aromatic N) is 1. The van der Waals surface area contributed by atoms with Crippen LogP contribution in [0.2, 0.25) is 5.02 Å². The number of aliphatic hydroxyl groups is 2. The lowest BCUT2D eigenvalue weighted by Gasteiger charge is -2.31. The average molecular weight is 255 g/mol. The van der Waals surface area contributed by atoms with Crippen molar-refractivity contribution in [3.8, 4) is 6.07 Å². The van der Waals surface area contributed by atoms with Crippen molar-refractivity contribution in [1.82, 2.24) is 0 Å². The molecule has 0 aromatic heterocycles. The third-order valence-electron chi connectivity index (χ3n) is 2.78. The van der Waals surface area contributed by atoms with Gasteiger partial charge in [0.15, 0.2) is 0 Å². The summed E-state index contributed by atoms with van der Waals surface area (Å²) in [7, 11) is 0. The Morgan fingerprint density at radius 3 is 2.47 bits per heavy atom. The van der Waals surface area contributed by atoms with E-state index < -0.39 is 5.54 Å². The van der Waals surface area contributed by atoms with Crippen LogP contribution in [0.5, 0.6) is 0 Å². The topological polar surface area (TPSA) is 76.3 Å². The Labute approximate surface area is 105 Å². The maximum atomic E-state index is 9.30. The fourth-order valence-electron chi connectivity index (χ4n) is 1.43. The number of nitrogens with one attached hydrogen (secondary N) is 1. The van der Waals surface area contributed by atoms with E-state index in [1.54, 1.807) is 18.2 Å². The Morgan fingerprint density at radius 1 is 1.41 bits per heavy atom. The van der Waals surface area contributed by atoms with Gasteiger partial charge in [0.1, 0.15) is 6.07 Å². The van der Waals surface area contributed by atoms with Crippen LogP contribution in [-0.4, -0.2) is 29.0 Å². The molecule has 1 aromatic rings. The summed E-state index contributed by atoms with van der Waals surface area (Å²) in [5, 5.41) is 30.7. The van der Waals surface area contributed by atoms with E-state index in [0.717, 1.165) is 0 Å². The standard InChI is InChI=1S/C12H15ClN2O2/c1-2-12(7-16,8-17)15-10-4-3-9(6-14)11(13)5-10/h3-5,15-17H,2,7-8H2,1H3. The highest BCUT2D eigenvalue weighted by atomic mass is 35.5. The highest BCUT2D eigenvalue weighted by Crippen LogP contribution is 2.24. The summed E-state index contributed by atoms with van der Waals surface area (Å²) in [6.07, 6.45) is 0.567. The smallest absolute Gasteiger partial charge is 0.101 e. The third kappa shape index (κ3) is 3.10. The third-order valence-corrected chi connectivity index (χ3v) is 3.09. The Hall–Kier alpha value is -1.28. The van der Waals surface area contributed by atoms with Crippen LogP contribution >= 0.6 is 11.6 Å². The van der Waals surface area contributed by atoms with Crippen LogP contribution in [0.25, 0.3) is 0 Å². The molecule has 0 unspecified atom stereocenters. The molecule has 0 fully saturated rings. The molecule has 0 aliphatic carbocycles. The lowest BCUT2D eigenvalue weighted by atomic mass is 9.98. The van der Waals surface area contributed by atoms with Crippen molar-refractivity contribution >= 4 is 17.3 Å². The van der Waals surface area contributed by atoms with E-state index in [1.165, 1.54) is 0 Å². The predicted molar refractivity (Wildman–Crippen MR) is 67.0 cm³/mol. The van der Waals surface area contributed by atoms with Crippen molar-refractivity contribution < 1.29 is 10.2 Å². The quantitative estimate of drug-likeness (QED) is 0.748. The highest BCUT2D eigenvalue weighted by molar-refractivity contribution is 6.32. The highest BCUT2D eigenvalue weighted by Gasteiger charge is 2.26. The van der Waals surface area contributed by atoms with Crippen molar-refractivity contribution in [2.24, 2.45) is 0 Å². The van der Waals surface area contributed by atoms with E-state index in [9.17, 15) is 10.2 Å². The summed E-state index contributed by atoms with van der Waals surface area (Å²) in [6, 6.07) is 6.87. The molecule has 0 radical (unpaired) electrons. The number of rotatable bonds is 5. The zero-order chi connectivity index (χ0) is 12.9. The molecule has 92 valence electrons. The first-order valence-electron chi connectivity index (χ1n) is 5.30. The molecule has 5 heteroatoms. The normalized spacial score (nSPS) is 11.0. The molecule has 17 heavy (non-hydrogen) atoms. The zero-order valence-corrected chi connectivity index (χ0v) is 10.3. The van der Waals surface area contributed by atoms with Crippen LogP contribution in [0, 0.1) is 11.3 Å². The lowest BCUT2D eigenvalue weighted by Crippen LogP contribution is -2.45. The fourth-order valence-corrected chi connectivity index (χ4v) is 1.65. The molecular weight excluding hydrogens is 240 g/mol. The van der Waals surface area contributed by atoms with Crippen LogP contribution in [0.1, 0.15) is 18.9 Å². The van der Waals surface area contributed by atoms with Gasteiger partial charge >= 0.3 is 0 Å². The largest absolute Gasteiger partial charge is 0.394 e. The van der Waals surface area contributed by atoms with Gasteiger partial charge in [-0.2, -0.15) is 5.26 Å². The number of hydrogen-bond acceptors (Lipinski definition) is 4. The van der Waals surface area contributed by atoms with E-state index in [1.807, 2.05) is 13.0 Å². The molecular formula is C12H15ClN2O2. The second-order valence-electron chi connectivity index (χ2n) is 3.88. The van der Waals surface area contributed by atoms with Crippen molar-refractivity contribution in [3.05, 3.63) is 28.8 Å². The second kappa shape index (κ2) is 5.87. The first-order valence-corrected chi connectivity index (χ1v) is 5.68. The molecule has 0 atom stereocenters. The van der Waals surface area contributed by atoms with Gasteiger partial charge in [0.2, 0.25) is 0 Å². The number of anilines is 1. The SMILES string of the molecule is CCC(CO)(CO)Nc1ccc(C#N)c(Cl)c1. The Kier molecular flexibility index (Phi) is 4.76. The van der Waals surface area contributed by atoms with Crippen LogP contribution in [0.3, 0.4) is 0 Å². The summed E-state index contributed by atoms with van der Waals surface area (Å²) < 4.78 is 0. The van der Waals surface area contributed by atoms with Crippen LogP contribution in [0.15, 0.2) is 18.2 Å². The van der Waals surface area contributed by atoms with Crippen molar-refractivity contribution in [1.29, 1.82) is 5.26 Å². The van der Waals surface area contributed by atoms with Gasteiger partial charge in [0, 0.05) is 5.69 Å². The average Bonchev–Trinajstić information content (AvgIpc) is 2.36. The molecule has 3 N–H and O–H groups in total. The van der Waals surface area contributed by atoms with Gasteiger partial charge in [-0.1, -0.05) is 18.5 Å². The van der Waals surface area contributed by atoms with Gasteiger partial charge < -0.3 is 15.5 Å². The van der Waals surface area contributed by atoms with Gasteiger partial charge in [0.25, 0.3) is 0 Å². The molecule has 0 aliphatic rings. The number of nitriles is 1. The number of aliphatic hydroxyl groups excluding tert-OH is 2. The van der Waals surface area contributed by atoms with E-state index in [0.29, 0.717) is 22.7 Å². The van der Waals surface area contributed by atoms with Crippen molar-refractivity contribution in [3.63, 3.8) is 0 Å². The van der Waals surface area contributed by atoms with Gasteiger partial charge in [-0.15, -0.1) is 0 Å². The van der Waals surface area contributed by atoms with E-state index in [-0.39, 0.29) is 13.2 Å². The zero-order valence-electron chi connectivity index (χ0n) is 9.57. The first kappa shape index (κ1) is 13.8. The Balaban J connectivity index is 2.95. The van der Waals surface area contributed by atoms with Gasteiger partial charge in [-0.3, -0.25) is 0 Å². The van der Waals surface area contributed by atoms with E-state index in [2.05, 4.69) is 5.32 Å². The molecule has 0 heterocycles. The Morgan fingerprint density at radius 2 is 2.06 bits per heavy atom. The summed E-state index contributed by atoms with van der Waals surface area (Å²) in [6.45, 7) is 1.50. The summed E-state index contributed by atoms with van der Waals surface area (Å²) >= 11 is 5.90. The van der Waals surface area contributed by atoms with Gasteiger partial charge in [0.05, 0.1) is 29.3 Å². The van der Waals surface area contributed by atoms with Crippen molar-refractivity contribution in [2.45, 2.75) is 18.9 Å². The number of benzene rings is 1. The summed E-state index contributed by atoms with van der Waals surface area (Å²) in [4.78, 5) is 0. The van der Waals surface area contributed by atoms with Gasteiger partial charge in [-0.05, 0) is 24.6 Å². The minimum Gasteiger partial charge on any atom is -0.394 e. The predicted octanol–water partition coefficient (Wildman–Crippen LogP) is 1.76. The minimum atomic E-state index is -0.766. The maximum absolute atomic E-state index is 9.30. The van der Waals surface area contributed by atoms with Crippen LogP contribution in [-0.2, 0) is 0 Å². The number of hydrogen-bond donors (Lipinski definition) is 3. The van der Waals surface area contributed by atoms with Crippen molar-refractivity contribution in [2.75, 3.05) is 18.5 Å². The maximum Gasteiger partial charge on any atom is 0.101 e. The van der Waals surface area contributed by atoms with Gasteiger partial charge in [-0.25, -0.2) is 0 Å². The molecule has 0 spiro atoms. The molecule has 1 aromatic carbocycles. The minimum absolute atomic E-state index is 0.183. The second-order valence-corrected chi connectivity index (χ2v) is 4.29. The molecule has 1 rings (SSSR count). The van der Waals surface area contributed by atoms with Crippen LogP contribution in [0.4, 0.5) is 5.69 Å². The van der Waals surface area contributed by atoms with E-state index >= 15 is 0 Å². The molecule has 4 nitrogen and oxygen atoms in total. The van der Waals surface area contributed by atoms with Crippen LogP contribution < -0.4 is 5.32 Å². The Bertz CT molecular complexity index is 417. The fraction of sp³-hybridized carbons (Fsp3) is 0.417.